The Morgan fingerprint density at radius 1 is 1.50 bits per heavy atom. The third kappa shape index (κ3) is 3.47. The zero-order chi connectivity index (χ0) is 13.8. The summed E-state index contributed by atoms with van der Waals surface area (Å²) in [6, 6.07) is 7.18. The first-order valence-electron chi connectivity index (χ1n) is 5.31. The maximum Gasteiger partial charge on any atom is 0.314 e. The smallest absolute Gasteiger partial charge is 0.314 e. The van der Waals surface area contributed by atoms with Crippen molar-refractivity contribution in [2.24, 2.45) is 5.41 Å². The second-order valence-corrected chi connectivity index (χ2v) is 5.33. The van der Waals surface area contributed by atoms with Gasteiger partial charge in [0.2, 0.25) is 0 Å². The number of halogens is 1. The van der Waals surface area contributed by atoms with E-state index in [-0.39, 0.29) is 12.6 Å². The zero-order valence-corrected chi connectivity index (χ0v) is 12.1. The van der Waals surface area contributed by atoms with Crippen LogP contribution in [0, 0.1) is 16.7 Å². The van der Waals surface area contributed by atoms with Crippen LogP contribution in [-0.2, 0) is 9.53 Å². The number of benzene rings is 1. The topological polar surface area (TPSA) is 59.3 Å². The van der Waals surface area contributed by atoms with Crippen molar-refractivity contribution in [3.05, 3.63) is 28.2 Å². The fourth-order valence-electron chi connectivity index (χ4n) is 1.31. The van der Waals surface area contributed by atoms with Gasteiger partial charge < -0.3 is 9.47 Å². The summed E-state index contributed by atoms with van der Waals surface area (Å²) in [5.41, 5.74) is -0.334. The van der Waals surface area contributed by atoms with Crippen molar-refractivity contribution in [1.29, 1.82) is 5.26 Å². The Kier molecular flexibility index (Phi) is 4.74. The molecule has 0 amide bonds. The Balaban J connectivity index is 2.81. The molecule has 0 saturated heterocycles. The number of hydrogen-bond donors (Lipinski definition) is 0. The van der Waals surface area contributed by atoms with Crippen LogP contribution in [0.1, 0.15) is 19.4 Å². The molecule has 18 heavy (non-hydrogen) atoms. The van der Waals surface area contributed by atoms with E-state index in [1.54, 1.807) is 32.0 Å². The van der Waals surface area contributed by atoms with Gasteiger partial charge >= 0.3 is 5.97 Å². The molecule has 0 radical (unpaired) electrons. The average Bonchev–Trinajstić information content (AvgIpc) is 2.36. The number of carbonyl (C=O) groups is 1. The van der Waals surface area contributed by atoms with Crippen molar-refractivity contribution >= 4 is 21.9 Å². The van der Waals surface area contributed by atoms with E-state index in [2.05, 4.69) is 20.7 Å². The van der Waals surface area contributed by atoms with Crippen molar-refractivity contribution in [1.82, 2.24) is 0 Å². The maximum absolute atomic E-state index is 11.5. The van der Waals surface area contributed by atoms with Gasteiger partial charge in [0, 0.05) is 4.47 Å². The van der Waals surface area contributed by atoms with Gasteiger partial charge in [-0.15, -0.1) is 0 Å². The normalized spacial score (nSPS) is 10.6. The maximum atomic E-state index is 11.5. The minimum atomic E-state index is -0.755. The van der Waals surface area contributed by atoms with Crippen LogP contribution in [0.2, 0.25) is 0 Å². The highest BCUT2D eigenvalue weighted by Crippen LogP contribution is 2.25. The molecule has 1 aromatic rings. The highest BCUT2D eigenvalue weighted by molar-refractivity contribution is 9.10. The summed E-state index contributed by atoms with van der Waals surface area (Å²) in [6.07, 6.45) is 0. The second kappa shape index (κ2) is 5.87. The summed E-state index contributed by atoms with van der Waals surface area (Å²) in [5.74, 6) is 0.107. The first-order valence-corrected chi connectivity index (χ1v) is 6.11. The van der Waals surface area contributed by atoms with Crippen molar-refractivity contribution in [3.8, 4) is 11.8 Å². The molecule has 0 bridgehead atoms. The number of carbonyl (C=O) groups excluding carboxylic acids is 1. The molecule has 0 atom stereocenters. The van der Waals surface area contributed by atoms with Gasteiger partial charge in [0.05, 0.1) is 18.1 Å². The van der Waals surface area contributed by atoms with Crippen LogP contribution in [-0.4, -0.2) is 19.7 Å². The van der Waals surface area contributed by atoms with E-state index in [0.717, 1.165) is 4.47 Å². The highest BCUT2D eigenvalue weighted by atomic mass is 79.9. The van der Waals surface area contributed by atoms with Gasteiger partial charge in [0.15, 0.2) is 0 Å². The monoisotopic (exact) mass is 311 g/mol. The van der Waals surface area contributed by atoms with E-state index in [9.17, 15) is 4.79 Å². The average molecular weight is 312 g/mol. The predicted molar refractivity (Wildman–Crippen MR) is 70.1 cm³/mol. The molecule has 96 valence electrons. The van der Waals surface area contributed by atoms with Gasteiger partial charge in [-0.3, -0.25) is 4.79 Å². The highest BCUT2D eigenvalue weighted by Gasteiger charge is 2.30. The molecule has 4 nitrogen and oxygen atoms in total. The molecule has 5 heteroatoms. The number of nitriles is 1. The zero-order valence-electron chi connectivity index (χ0n) is 10.5. The third-order valence-electron chi connectivity index (χ3n) is 2.39. The van der Waals surface area contributed by atoms with Gasteiger partial charge in [-0.2, -0.15) is 5.26 Å². The van der Waals surface area contributed by atoms with Crippen LogP contribution in [0.3, 0.4) is 0 Å². The Labute approximate surface area is 115 Å². The molecule has 0 aliphatic rings. The largest absolute Gasteiger partial charge is 0.491 e. The molecule has 0 aromatic heterocycles. The fourth-order valence-corrected chi connectivity index (χ4v) is 1.67. The molecule has 0 saturated carbocycles. The molecular formula is C13H14BrNO3. The van der Waals surface area contributed by atoms with Crippen LogP contribution >= 0.6 is 15.9 Å². The minimum Gasteiger partial charge on any atom is -0.491 e. The van der Waals surface area contributed by atoms with E-state index in [1.165, 1.54) is 7.11 Å². The van der Waals surface area contributed by atoms with Gasteiger partial charge in [0.1, 0.15) is 18.4 Å². The number of methoxy groups -OCH3 is 1. The minimum absolute atomic E-state index is 0.149. The third-order valence-corrected chi connectivity index (χ3v) is 2.88. The first kappa shape index (κ1) is 14.5. The quantitative estimate of drug-likeness (QED) is 0.802. The molecule has 1 rings (SSSR count). The number of rotatable bonds is 4. The predicted octanol–water partition coefficient (Wildman–Crippen LogP) is 2.90. The number of ether oxygens (including phenoxy) is 2. The first-order chi connectivity index (χ1) is 8.40. The summed E-state index contributed by atoms with van der Waals surface area (Å²) < 4.78 is 11.0. The summed E-state index contributed by atoms with van der Waals surface area (Å²) in [6.45, 7) is 3.60. The lowest BCUT2D eigenvalue weighted by atomic mass is 9.95. The van der Waals surface area contributed by atoms with Crippen molar-refractivity contribution in [2.45, 2.75) is 13.8 Å². The Morgan fingerprint density at radius 2 is 2.17 bits per heavy atom. The van der Waals surface area contributed by atoms with Gasteiger partial charge in [-0.05, 0) is 32.0 Å². The van der Waals surface area contributed by atoms with Crippen molar-refractivity contribution < 1.29 is 14.3 Å². The summed E-state index contributed by atoms with van der Waals surface area (Å²) in [5, 5.41) is 8.99. The summed E-state index contributed by atoms with van der Waals surface area (Å²) in [7, 11) is 1.34. The summed E-state index contributed by atoms with van der Waals surface area (Å²) >= 11 is 3.28. The van der Waals surface area contributed by atoms with Crippen molar-refractivity contribution in [2.75, 3.05) is 13.7 Å². The Hall–Kier alpha value is -1.54. The lowest BCUT2D eigenvalue weighted by Crippen LogP contribution is -2.32. The Bertz CT molecular complexity index is 491. The van der Waals surface area contributed by atoms with Gasteiger partial charge in [-0.25, -0.2) is 0 Å². The van der Waals surface area contributed by atoms with E-state index >= 15 is 0 Å². The summed E-state index contributed by atoms with van der Waals surface area (Å²) in [4.78, 5) is 11.5. The Morgan fingerprint density at radius 3 is 2.72 bits per heavy atom. The number of nitrogens with zero attached hydrogens (tertiary/aromatic N) is 1. The lowest BCUT2D eigenvalue weighted by molar-refractivity contribution is -0.152. The van der Waals surface area contributed by atoms with E-state index in [1.807, 2.05) is 6.07 Å². The molecule has 0 heterocycles. The number of esters is 1. The molecule has 0 unspecified atom stereocenters. The fraction of sp³-hybridized carbons (Fsp3) is 0.385. The van der Waals surface area contributed by atoms with E-state index in [4.69, 9.17) is 10.00 Å². The van der Waals surface area contributed by atoms with Crippen molar-refractivity contribution in [3.63, 3.8) is 0 Å². The number of hydrogen-bond acceptors (Lipinski definition) is 4. The molecule has 0 fully saturated rings. The molecule has 0 N–H and O–H groups in total. The lowest BCUT2D eigenvalue weighted by Gasteiger charge is -2.21. The molecule has 0 aliphatic carbocycles. The molecule has 0 aliphatic heterocycles. The molecular weight excluding hydrogens is 298 g/mol. The van der Waals surface area contributed by atoms with Crippen LogP contribution in [0.25, 0.3) is 0 Å². The van der Waals surface area contributed by atoms with Gasteiger partial charge in [-0.1, -0.05) is 15.9 Å². The van der Waals surface area contributed by atoms with E-state index in [0.29, 0.717) is 11.3 Å². The molecule has 0 spiro atoms. The van der Waals surface area contributed by atoms with Crippen LogP contribution in [0.15, 0.2) is 22.7 Å². The second-order valence-electron chi connectivity index (χ2n) is 4.42. The standard InChI is InChI=1S/C13H14BrNO3/c1-13(2,12(16)17-3)8-18-11-5-4-10(14)6-9(11)7-15/h4-6H,8H2,1-3H3. The van der Waals surface area contributed by atoms with Crippen LogP contribution in [0.4, 0.5) is 0 Å². The van der Waals surface area contributed by atoms with E-state index < -0.39 is 5.41 Å². The SMILES string of the molecule is COC(=O)C(C)(C)COc1ccc(Br)cc1C#N. The van der Waals surface area contributed by atoms with Crippen LogP contribution in [0.5, 0.6) is 5.75 Å². The van der Waals surface area contributed by atoms with Crippen LogP contribution < -0.4 is 4.74 Å². The molecule has 1 aromatic carbocycles. The van der Waals surface area contributed by atoms with Gasteiger partial charge in [0.25, 0.3) is 0 Å².